The molecule has 1 aliphatic rings. The number of ether oxygens (including phenoxy) is 1. The molecule has 2 heterocycles. The molecule has 37 heavy (non-hydrogen) atoms. The van der Waals surface area contributed by atoms with Crippen LogP contribution in [0.15, 0.2) is 40.8 Å². The first-order valence-electron chi connectivity index (χ1n) is 11.7. The topological polar surface area (TPSA) is 156 Å². The van der Waals surface area contributed by atoms with Crippen LogP contribution in [-0.4, -0.2) is 25.5 Å². The van der Waals surface area contributed by atoms with Gasteiger partial charge < -0.3 is 14.5 Å². The lowest BCUT2D eigenvalue weighted by molar-refractivity contribution is -0.386. The number of hydrogen-bond acceptors (Lipinski definition) is 8. The van der Waals surface area contributed by atoms with Gasteiger partial charge in [-0.1, -0.05) is 0 Å². The molecule has 0 saturated carbocycles. The van der Waals surface area contributed by atoms with Gasteiger partial charge in [-0.25, -0.2) is 0 Å². The standard InChI is InChI=1S/C25H23N5O7/c1-14-25(30(34)35)15(2)28(27-14)13-24(31)26-16-9-17(29(32)33)11-19(10-16)36-18-7-8-23-21(12-18)20-5-3-4-6-22(20)37-23/h7-12H,3-6,13H2,1-2H3,(H,26,31). The summed E-state index contributed by atoms with van der Waals surface area (Å²) in [6.45, 7) is 2.68. The lowest BCUT2D eigenvalue weighted by atomic mass is 9.96. The molecule has 5 rings (SSSR count). The Balaban J connectivity index is 1.39. The quantitative estimate of drug-likeness (QED) is 0.259. The molecule has 12 heteroatoms. The Morgan fingerprint density at radius 3 is 2.59 bits per heavy atom. The number of nitro groups is 2. The zero-order chi connectivity index (χ0) is 26.3. The molecule has 0 saturated heterocycles. The number of rotatable bonds is 7. The minimum atomic E-state index is -0.581. The number of nitrogens with zero attached hydrogens (tertiary/aromatic N) is 4. The third-order valence-electron chi connectivity index (χ3n) is 6.37. The van der Waals surface area contributed by atoms with E-state index in [9.17, 15) is 25.0 Å². The van der Waals surface area contributed by atoms with Crippen LogP contribution < -0.4 is 10.1 Å². The van der Waals surface area contributed by atoms with Crippen molar-refractivity contribution < 1.29 is 23.8 Å². The molecule has 2 aromatic carbocycles. The number of fused-ring (bicyclic) bond motifs is 3. The zero-order valence-corrected chi connectivity index (χ0v) is 20.1. The maximum absolute atomic E-state index is 12.7. The van der Waals surface area contributed by atoms with E-state index < -0.39 is 15.8 Å². The molecular weight excluding hydrogens is 482 g/mol. The second-order valence-electron chi connectivity index (χ2n) is 8.93. The summed E-state index contributed by atoms with van der Waals surface area (Å²) in [5.74, 6) is 1.09. The van der Waals surface area contributed by atoms with Gasteiger partial charge in [-0.05, 0) is 51.3 Å². The van der Waals surface area contributed by atoms with Gasteiger partial charge in [0.05, 0.1) is 21.6 Å². The molecule has 4 aromatic rings. The number of aryl methyl sites for hydroxylation is 3. The van der Waals surface area contributed by atoms with Gasteiger partial charge in [-0.2, -0.15) is 5.10 Å². The fourth-order valence-electron chi connectivity index (χ4n) is 4.70. The summed E-state index contributed by atoms with van der Waals surface area (Å²) in [4.78, 5) is 34.3. The maximum atomic E-state index is 12.7. The van der Waals surface area contributed by atoms with Crippen LogP contribution in [-0.2, 0) is 24.2 Å². The number of benzene rings is 2. The van der Waals surface area contributed by atoms with Gasteiger partial charge in [-0.3, -0.25) is 29.7 Å². The highest BCUT2D eigenvalue weighted by atomic mass is 16.6. The Morgan fingerprint density at radius 1 is 1.08 bits per heavy atom. The molecular formula is C25H23N5O7. The smallest absolute Gasteiger partial charge is 0.312 e. The number of carbonyl (C=O) groups is 1. The number of nitrogens with one attached hydrogen (secondary N) is 1. The number of hydrogen-bond donors (Lipinski definition) is 1. The van der Waals surface area contributed by atoms with Crippen LogP contribution in [0.2, 0.25) is 0 Å². The van der Waals surface area contributed by atoms with Crippen molar-refractivity contribution in [1.82, 2.24) is 9.78 Å². The summed E-state index contributed by atoms with van der Waals surface area (Å²) >= 11 is 0. The fourth-order valence-corrected chi connectivity index (χ4v) is 4.70. The number of furan rings is 1. The average Bonchev–Trinajstić information content (AvgIpc) is 3.34. The summed E-state index contributed by atoms with van der Waals surface area (Å²) in [5.41, 5.74) is 2.09. The van der Waals surface area contributed by atoms with E-state index >= 15 is 0 Å². The van der Waals surface area contributed by atoms with Crippen molar-refractivity contribution in [3.05, 3.63) is 79.3 Å². The van der Waals surface area contributed by atoms with Gasteiger partial charge in [-0.15, -0.1) is 0 Å². The lowest BCUT2D eigenvalue weighted by Gasteiger charge is -2.11. The summed E-state index contributed by atoms with van der Waals surface area (Å²) in [6, 6.07) is 9.36. The SMILES string of the molecule is Cc1nn(CC(=O)Nc2cc(Oc3ccc4oc5c(c4c3)CCCC5)cc([N+](=O)[O-])c2)c(C)c1[N+](=O)[O-]. The van der Waals surface area contributed by atoms with Crippen molar-refractivity contribution in [2.45, 2.75) is 46.1 Å². The van der Waals surface area contributed by atoms with E-state index in [1.54, 1.807) is 6.07 Å². The molecule has 0 fully saturated rings. The Bertz CT molecular complexity index is 1570. The fraction of sp³-hybridized carbons (Fsp3) is 0.280. The van der Waals surface area contributed by atoms with Gasteiger partial charge in [0.15, 0.2) is 0 Å². The molecule has 1 amide bonds. The highest BCUT2D eigenvalue weighted by molar-refractivity contribution is 5.91. The molecule has 0 radical (unpaired) electrons. The number of nitro benzene ring substituents is 1. The van der Waals surface area contributed by atoms with Crippen LogP contribution in [0, 0.1) is 34.1 Å². The Labute approximate surface area is 210 Å². The summed E-state index contributed by atoms with van der Waals surface area (Å²) in [6.07, 6.45) is 4.01. The number of non-ortho nitro benzene ring substituents is 1. The third kappa shape index (κ3) is 4.73. The molecule has 2 aromatic heterocycles. The molecule has 0 bridgehead atoms. The van der Waals surface area contributed by atoms with Crippen LogP contribution in [0.3, 0.4) is 0 Å². The van der Waals surface area contributed by atoms with Gasteiger partial charge >= 0.3 is 5.69 Å². The Hall–Kier alpha value is -4.74. The van der Waals surface area contributed by atoms with E-state index in [4.69, 9.17) is 9.15 Å². The van der Waals surface area contributed by atoms with Crippen LogP contribution in [0.5, 0.6) is 11.5 Å². The molecule has 0 spiro atoms. The predicted octanol–water partition coefficient (Wildman–Crippen LogP) is 5.37. The summed E-state index contributed by atoms with van der Waals surface area (Å²) in [7, 11) is 0. The molecule has 0 aliphatic heterocycles. The Kier molecular flexibility index (Phi) is 6.07. The van der Waals surface area contributed by atoms with Crippen LogP contribution in [0.4, 0.5) is 17.1 Å². The lowest BCUT2D eigenvalue weighted by Crippen LogP contribution is -2.20. The van der Waals surface area contributed by atoms with Crippen LogP contribution >= 0.6 is 0 Å². The molecule has 0 unspecified atom stereocenters. The second-order valence-corrected chi connectivity index (χ2v) is 8.93. The van der Waals surface area contributed by atoms with Crippen LogP contribution in [0.25, 0.3) is 11.0 Å². The van der Waals surface area contributed by atoms with Crippen molar-refractivity contribution in [3.63, 3.8) is 0 Å². The van der Waals surface area contributed by atoms with E-state index in [2.05, 4.69) is 10.4 Å². The minimum absolute atomic E-state index is 0.145. The second kappa shape index (κ2) is 9.37. The summed E-state index contributed by atoms with van der Waals surface area (Å²) < 4.78 is 13.1. The number of aromatic nitrogens is 2. The largest absolute Gasteiger partial charge is 0.461 e. The molecule has 0 atom stereocenters. The third-order valence-corrected chi connectivity index (χ3v) is 6.37. The number of anilines is 1. The molecule has 190 valence electrons. The first kappa shape index (κ1) is 24.0. The van der Waals surface area contributed by atoms with Crippen molar-refractivity contribution >= 4 is 33.9 Å². The zero-order valence-electron chi connectivity index (χ0n) is 20.1. The monoisotopic (exact) mass is 505 g/mol. The van der Waals surface area contributed by atoms with Gasteiger partial charge in [0.25, 0.3) is 5.69 Å². The molecule has 1 N–H and O–H groups in total. The highest BCUT2D eigenvalue weighted by Crippen LogP contribution is 2.36. The van der Waals surface area contributed by atoms with Crippen molar-refractivity contribution in [1.29, 1.82) is 0 Å². The van der Waals surface area contributed by atoms with Crippen molar-refractivity contribution in [3.8, 4) is 11.5 Å². The molecule has 12 nitrogen and oxygen atoms in total. The average molecular weight is 505 g/mol. The predicted molar refractivity (Wildman–Crippen MR) is 133 cm³/mol. The van der Waals surface area contributed by atoms with Crippen molar-refractivity contribution in [2.24, 2.45) is 0 Å². The van der Waals surface area contributed by atoms with Gasteiger partial charge in [0.1, 0.15) is 40.8 Å². The number of amides is 1. The number of carbonyl (C=O) groups excluding carboxylic acids is 1. The van der Waals surface area contributed by atoms with E-state index in [-0.39, 0.29) is 40.7 Å². The van der Waals surface area contributed by atoms with Crippen LogP contribution in [0.1, 0.15) is 35.6 Å². The van der Waals surface area contributed by atoms with Crippen molar-refractivity contribution in [2.75, 3.05) is 5.32 Å². The minimum Gasteiger partial charge on any atom is -0.461 e. The van der Waals surface area contributed by atoms with Gasteiger partial charge in [0, 0.05) is 29.5 Å². The molecule has 1 aliphatic carbocycles. The van der Waals surface area contributed by atoms with Gasteiger partial charge in [0.2, 0.25) is 5.91 Å². The van der Waals surface area contributed by atoms with E-state index in [0.717, 1.165) is 42.4 Å². The normalized spacial score (nSPS) is 12.8. The highest BCUT2D eigenvalue weighted by Gasteiger charge is 2.23. The summed E-state index contributed by atoms with van der Waals surface area (Å²) in [5, 5.41) is 30.4. The van der Waals surface area contributed by atoms with E-state index in [1.807, 2.05) is 12.1 Å². The first-order valence-corrected chi connectivity index (χ1v) is 11.7. The Morgan fingerprint density at radius 2 is 1.86 bits per heavy atom. The van der Waals surface area contributed by atoms with E-state index in [0.29, 0.717) is 5.75 Å². The van der Waals surface area contributed by atoms with E-state index in [1.165, 1.54) is 42.3 Å². The maximum Gasteiger partial charge on any atom is 0.312 e. The first-order chi connectivity index (χ1) is 17.7.